The van der Waals surface area contributed by atoms with Gasteiger partial charge in [0.25, 0.3) is 0 Å². The molecule has 0 rings (SSSR count). The van der Waals surface area contributed by atoms with E-state index < -0.39 is 30.4 Å². The number of aldehydes is 1. The first kappa shape index (κ1) is 15.0. The molecule has 94 valence electrons. The van der Waals surface area contributed by atoms with Crippen LogP contribution in [0.4, 0.5) is 0 Å². The molecular formula is C9H16O7. The van der Waals surface area contributed by atoms with Crippen molar-refractivity contribution < 1.29 is 34.8 Å². The number of carbonyl (C=O) groups is 2. The maximum absolute atomic E-state index is 11.0. The number of hydrogen-bond acceptors (Lipinski definition) is 7. The molecule has 0 aromatic rings. The first-order valence-corrected chi connectivity index (χ1v) is 4.79. The molecule has 0 aliphatic heterocycles. The quantitative estimate of drug-likeness (QED) is 0.286. The first-order valence-electron chi connectivity index (χ1n) is 4.79. The van der Waals surface area contributed by atoms with Gasteiger partial charge in [-0.1, -0.05) is 6.92 Å². The molecule has 0 unspecified atom stereocenters. The van der Waals surface area contributed by atoms with Crippen molar-refractivity contribution in [3.8, 4) is 0 Å². The van der Waals surface area contributed by atoms with Gasteiger partial charge in [0.1, 0.15) is 18.3 Å². The maximum Gasteiger partial charge on any atom is 0.337 e. The molecule has 0 saturated heterocycles. The fourth-order valence-electron chi connectivity index (χ4n) is 0.897. The Labute approximate surface area is 92.3 Å². The summed E-state index contributed by atoms with van der Waals surface area (Å²) in [5.74, 6) is -1.12. The Bertz CT molecular complexity index is 230. The fraction of sp³-hybridized carbons (Fsp3) is 0.778. The van der Waals surface area contributed by atoms with Crippen LogP contribution in [0, 0.1) is 0 Å². The molecule has 7 nitrogen and oxygen atoms in total. The number of esters is 1. The topological polar surface area (TPSA) is 124 Å². The highest BCUT2D eigenvalue weighted by Crippen LogP contribution is 2.05. The Kier molecular flexibility index (Phi) is 6.82. The van der Waals surface area contributed by atoms with E-state index in [1.807, 2.05) is 0 Å². The van der Waals surface area contributed by atoms with Gasteiger partial charge in [0.2, 0.25) is 0 Å². The third kappa shape index (κ3) is 4.23. The van der Waals surface area contributed by atoms with E-state index in [1.165, 1.54) is 0 Å². The third-order valence-corrected chi connectivity index (χ3v) is 1.85. The molecular weight excluding hydrogens is 220 g/mol. The van der Waals surface area contributed by atoms with Gasteiger partial charge in [-0.05, 0) is 6.42 Å². The standard InChI is InChI=1S/C9H16O7/c1-2-3-16-9(15)8(14)7(13)6(12)5(11)4-10/h4-8,11-14H,2-3H2,1H3/t5-,6-,7-,8+/m1/s1. The van der Waals surface area contributed by atoms with E-state index in [1.54, 1.807) is 6.92 Å². The van der Waals surface area contributed by atoms with Crippen LogP contribution in [0.25, 0.3) is 0 Å². The van der Waals surface area contributed by atoms with E-state index in [2.05, 4.69) is 4.74 Å². The van der Waals surface area contributed by atoms with Crippen LogP contribution in [0.1, 0.15) is 13.3 Å². The fourth-order valence-corrected chi connectivity index (χ4v) is 0.897. The van der Waals surface area contributed by atoms with Crippen molar-refractivity contribution in [3.05, 3.63) is 0 Å². The predicted octanol–water partition coefficient (Wildman–Crippen LogP) is -2.42. The second-order valence-electron chi connectivity index (χ2n) is 3.22. The number of aliphatic hydroxyl groups excluding tert-OH is 4. The van der Waals surface area contributed by atoms with Gasteiger partial charge >= 0.3 is 5.97 Å². The lowest BCUT2D eigenvalue weighted by molar-refractivity contribution is -0.169. The lowest BCUT2D eigenvalue weighted by Crippen LogP contribution is -2.48. The van der Waals surface area contributed by atoms with E-state index >= 15 is 0 Å². The number of ether oxygens (including phenoxy) is 1. The summed E-state index contributed by atoms with van der Waals surface area (Å²) in [7, 11) is 0. The minimum atomic E-state index is -2.00. The van der Waals surface area contributed by atoms with E-state index in [-0.39, 0.29) is 12.9 Å². The molecule has 7 heteroatoms. The van der Waals surface area contributed by atoms with Crippen LogP contribution in [-0.4, -0.2) is 63.7 Å². The van der Waals surface area contributed by atoms with Crippen LogP contribution in [0.5, 0.6) is 0 Å². The molecule has 0 fully saturated rings. The summed E-state index contributed by atoms with van der Waals surface area (Å²) < 4.78 is 4.51. The lowest BCUT2D eigenvalue weighted by atomic mass is 10.0. The minimum Gasteiger partial charge on any atom is -0.464 e. The van der Waals surface area contributed by atoms with Gasteiger partial charge in [-0.25, -0.2) is 4.79 Å². The molecule has 0 spiro atoms. The average molecular weight is 236 g/mol. The van der Waals surface area contributed by atoms with Crippen molar-refractivity contribution in [1.82, 2.24) is 0 Å². The molecule has 0 radical (unpaired) electrons. The summed E-state index contributed by atoms with van der Waals surface area (Å²) in [5.41, 5.74) is 0. The zero-order valence-corrected chi connectivity index (χ0v) is 8.81. The van der Waals surface area contributed by atoms with Crippen LogP contribution in [0.3, 0.4) is 0 Å². The van der Waals surface area contributed by atoms with Crippen LogP contribution < -0.4 is 0 Å². The molecule has 0 bridgehead atoms. The number of carbonyl (C=O) groups excluding carboxylic acids is 2. The second kappa shape index (κ2) is 7.29. The molecule has 0 aromatic carbocycles. The van der Waals surface area contributed by atoms with Crippen LogP contribution in [0.15, 0.2) is 0 Å². The number of hydrogen-bond donors (Lipinski definition) is 4. The van der Waals surface area contributed by atoms with Crippen LogP contribution in [0.2, 0.25) is 0 Å². The Morgan fingerprint density at radius 1 is 1.25 bits per heavy atom. The van der Waals surface area contributed by atoms with Crippen molar-refractivity contribution in [2.24, 2.45) is 0 Å². The highest BCUT2D eigenvalue weighted by molar-refractivity contribution is 5.75. The molecule has 0 saturated carbocycles. The van der Waals surface area contributed by atoms with Crippen molar-refractivity contribution in [2.75, 3.05) is 6.61 Å². The van der Waals surface area contributed by atoms with E-state index in [0.29, 0.717) is 6.42 Å². The van der Waals surface area contributed by atoms with Gasteiger partial charge in [0.05, 0.1) is 6.61 Å². The van der Waals surface area contributed by atoms with E-state index in [9.17, 15) is 19.8 Å². The monoisotopic (exact) mass is 236 g/mol. The van der Waals surface area contributed by atoms with Gasteiger partial charge in [-0.2, -0.15) is 0 Å². The molecule has 0 heterocycles. The molecule has 16 heavy (non-hydrogen) atoms. The molecule has 0 aromatic heterocycles. The second-order valence-corrected chi connectivity index (χ2v) is 3.22. The minimum absolute atomic E-state index is 0.0159. The average Bonchev–Trinajstić information content (AvgIpc) is 2.31. The maximum atomic E-state index is 11.0. The predicted molar refractivity (Wildman–Crippen MR) is 51.3 cm³/mol. The van der Waals surface area contributed by atoms with Crippen molar-refractivity contribution >= 4 is 12.3 Å². The summed E-state index contributed by atoms with van der Waals surface area (Å²) in [4.78, 5) is 21.1. The zero-order valence-electron chi connectivity index (χ0n) is 8.81. The SMILES string of the molecule is CCCOC(=O)[C@@H](O)[C@H](O)[C@H](O)[C@H](O)C=O. The Hall–Kier alpha value is -1.02. The molecule has 0 amide bonds. The van der Waals surface area contributed by atoms with Crippen molar-refractivity contribution in [3.63, 3.8) is 0 Å². The normalized spacial score (nSPS) is 18.3. The zero-order chi connectivity index (χ0) is 12.7. The Morgan fingerprint density at radius 2 is 1.81 bits per heavy atom. The highest BCUT2D eigenvalue weighted by atomic mass is 16.5. The van der Waals surface area contributed by atoms with Gasteiger partial charge < -0.3 is 30.0 Å². The third-order valence-electron chi connectivity index (χ3n) is 1.85. The van der Waals surface area contributed by atoms with Gasteiger partial charge in [-0.15, -0.1) is 0 Å². The van der Waals surface area contributed by atoms with E-state index in [4.69, 9.17) is 10.2 Å². The summed E-state index contributed by atoms with van der Waals surface area (Å²) in [5, 5.41) is 36.4. The smallest absolute Gasteiger partial charge is 0.337 e. The first-order chi connectivity index (χ1) is 7.45. The van der Waals surface area contributed by atoms with Crippen LogP contribution >= 0.6 is 0 Å². The summed E-state index contributed by atoms with van der Waals surface area (Å²) in [6, 6.07) is 0. The summed E-state index contributed by atoms with van der Waals surface area (Å²) in [6.07, 6.45) is -7.28. The Morgan fingerprint density at radius 3 is 2.25 bits per heavy atom. The summed E-state index contributed by atoms with van der Waals surface area (Å²) >= 11 is 0. The van der Waals surface area contributed by atoms with Gasteiger partial charge in [0, 0.05) is 0 Å². The van der Waals surface area contributed by atoms with Crippen molar-refractivity contribution in [2.45, 2.75) is 37.8 Å². The molecule has 4 N–H and O–H groups in total. The highest BCUT2D eigenvalue weighted by Gasteiger charge is 2.35. The van der Waals surface area contributed by atoms with Gasteiger partial charge in [-0.3, -0.25) is 0 Å². The summed E-state index contributed by atoms with van der Waals surface area (Å²) in [6.45, 7) is 1.80. The Balaban J connectivity index is 4.30. The van der Waals surface area contributed by atoms with Crippen molar-refractivity contribution in [1.29, 1.82) is 0 Å². The molecule has 0 aliphatic rings. The lowest BCUT2D eigenvalue weighted by Gasteiger charge is -2.22. The van der Waals surface area contributed by atoms with Gasteiger partial charge in [0.15, 0.2) is 12.4 Å². The largest absolute Gasteiger partial charge is 0.464 e. The molecule has 4 atom stereocenters. The van der Waals surface area contributed by atoms with Crippen LogP contribution in [-0.2, 0) is 14.3 Å². The van der Waals surface area contributed by atoms with E-state index in [0.717, 1.165) is 0 Å². The number of rotatable bonds is 7. The number of aliphatic hydroxyl groups is 4. The molecule has 0 aliphatic carbocycles.